The highest BCUT2D eigenvalue weighted by molar-refractivity contribution is 5.83. The van der Waals surface area contributed by atoms with Crippen LogP contribution >= 0.6 is 0 Å². The summed E-state index contributed by atoms with van der Waals surface area (Å²) in [6, 6.07) is 0. The number of carbonyl (C=O) groups is 4. The Bertz CT molecular complexity index is 537. The minimum absolute atomic E-state index is 0.0694. The van der Waals surface area contributed by atoms with Gasteiger partial charge in [0.1, 0.15) is 13.1 Å². The molecule has 1 unspecified atom stereocenters. The van der Waals surface area contributed by atoms with Gasteiger partial charge in [0.25, 0.3) is 0 Å². The summed E-state index contributed by atoms with van der Waals surface area (Å²) in [7, 11) is 11.6. The molecule has 0 saturated carbocycles. The molecule has 29 heavy (non-hydrogen) atoms. The van der Waals surface area contributed by atoms with E-state index in [1.165, 1.54) is 0 Å². The highest BCUT2D eigenvalue weighted by Gasteiger charge is 2.36. The average Bonchev–Trinajstić information content (AvgIpc) is 2.41. The summed E-state index contributed by atoms with van der Waals surface area (Å²) < 4.78 is 1.26. The van der Waals surface area contributed by atoms with Crippen LogP contribution in [0.1, 0.15) is 19.3 Å². The van der Waals surface area contributed by atoms with Crippen LogP contribution in [0.3, 0.4) is 0 Å². The molecule has 0 aliphatic carbocycles. The first kappa shape index (κ1) is 31.4. The number of carbonyl (C=O) groups excluding carboxylic acids is 2. The van der Waals surface area contributed by atoms with Crippen LogP contribution in [-0.2, 0) is 19.2 Å². The van der Waals surface area contributed by atoms with Crippen molar-refractivity contribution in [3.8, 4) is 0 Å². The summed E-state index contributed by atoms with van der Waals surface area (Å²) in [5.41, 5.74) is -2.57. The summed E-state index contributed by atoms with van der Waals surface area (Å²) in [6.45, 7) is 1.18. The number of quaternary nitrogens is 2. The molecule has 172 valence electrons. The number of aliphatic hydroxyl groups is 2. The molecule has 0 aromatic carbocycles. The molecule has 0 heterocycles. The quantitative estimate of drug-likeness (QED) is 0.249. The van der Waals surface area contributed by atoms with Crippen LogP contribution in [0.2, 0.25) is 0 Å². The van der Waals surface area contributed by atoms with Crippen LogP contribution in [0.15, 0.2) is 0 Å². The van der Waals surface area contributed by atoms with Gasteiger partial charge in [0.2, 0.25) is 0 Å². The Labute approximate surface area is 170 Å². The molecular formula is C17H34N2O10. The molecular weight excluding hydrogens is 392 g/mol. The van der Waals surface area contributed by atoms with Crippen molar-refractivity contribution >= 4 is 23.9 Å². The van der Waals surface area contributed by atoms with Crippen molar-refractivity contribution in [2.45, 2.75) is 24.9 Å². The Hall–Kier alpha value is -2.28. The standard InChI is InChI=1S/C7H10O7.C5H11NO2.C5H14NO/c8-4(9)1-2-7(14,6(12)13)3-5(10)11;1-6(2,3)4-5(7)8;1-6(2,3)4-5-7/h14H,1-3H2,(H,8,9)(H,10,11)(H,12,13);4H2,1-3H3;7H,4-5H2,1-3H3/q;;+1/p-1. The van der Waals surface area contributed by atoms with Gasteiger partial charge in [-0.3, -0.25) is 4.79 Å². The molecule has 0 bridgehead atoms. The third-order valence-corrected chi connectivity index (χ3v) is 2.96. The number of rotatable bonds is 10. The third kappa shape index (κ3) is 25.7. The SMILES string of the molecule is C[N+](C)(C)CC(=O)[O-].C[N+](C)(C)CCO.O=C([O-])CC(O)(CCC(=O)O)C(=O)O. The second-order valence-corrected chi connectivity index (χ2v) is 8.34. The minimum atomic E-state index is -2.57. The zero-order valence-corrected chi connectivity index (χ0v) is 17.9. The second kappa shape index (κ2) is 13.8. The summed E-state index contributed by atoms with van der Waals surface area (Å²) in [4.78, 5) is 40.5. The van der Waals surface area contributed by atoms with Crippen LogP contribution in [-0.4, -0.2) is 121 Å². The molecule has 0 spiro atoms. The molecule has 1 atom stereocenters. The number of likely N-dealkylation sites (N-methyl/N-ethyl adjacent to an activating group) is 2. The number of hydrogen-bond acceptors (Lipinski definition) is 8. The van der Waals surface area contributed by atoms with E-state index in [9.17, 15) is 34.5 Å². The average molecular weight is 426 g/mol. The smallest absolute Gasteiger partial charge is 0.336 e. The predicted octanol–water partition coefficient (Wildman–Crippen LogP) is -4.07. The summed E-state index contributed by atoms with van der Waals surface area (Å²) in [6.07, 6.45) is -2.43. The molecule has 0 rings (SSSR count). The monoisotopic (exact) mass is 426 g/mol. The van der Waals surface area contributed by atoms with Gasteiger partial charge in [-0.25, -0.2) is 4.79 Å². The lowest BCUT2D eigenvalue weighted by atomic mass is 9.94. The van der Waals surface area contributed by atoms with E-state index < -0.39 is 48.7 Å². The Morgan fingerprint density at radius 1 is 0.862 bits per heavy atom. The van der Waals surface area contributed by atoms with Crippen molar-refractivity contribution < 1.29 is 58.8 Å². The Balaban J connectivity index is -0.000000383. The molecule has 0 aromatic heterocycles. The molecule has 0 aliphatic heterocycles. The molecule has 12 heteroatoms. The van der Waals surface area contributed by atoms with Crippen molar-refractivity contribution in [3.63, 3.8) is 0 Å². The Morgan fingerprint density at radius 2 is 1.31 bits per heavy atom. The zero-order chi connectivity index (χ0) is 24.1. The Kier molecular flexibility index (Phi) is 15.0. The molecule has 4 N–H and O–H groups in total. The van der Waals surface area contributed by atoms with Gasteiger partial charge in [0, 0.05) is 18.8 Å². The van der Waals surface area contributed by atoms with Crippen LogP contribution in [0.25, 0.3) is 0 Å². The van der Waals surface area contributed by atoms with E-state index in [-0.39, 0.29) is 13.2 Å². The van der Waals surface area contributed by atoms with Crippen molar-refractivity contribution in [2.75, 3.05) is 62.0 Å². The van der Waals surface area contributed by atoms with Crippen LogP contribution in [0.4, 0.5) is 0 Å². The van der Waals surface area contributed by atoms with Gasteiger partial charge >= 0.3 is 11.9 Å². The fourth-order valence-electron chi connectivity index (χ4n) is 1.51. The van der Waals surface area contributed by atoms with E-state index in [1.807, 2.05) is 0 Å². The molecule has 0 aliphatic rings. The van der Waals surface area contributed by atoms with E-state index in [4.69, 9.17) is 15.3 Å². The van der Waals surface area contributed by atoms with E-state index in [2.05, 4.69) is 21.1 Å². The number of carboxylic acid groups (broad SMARTS) is 4. The van der Waals surface area contributed by atoms with Crippen molar-refractivity contribution in [2.24, 2.45) is 0 Å². The topological polar surface area (TPSA) is 195 Å². The van der Waals surface area contributed by atoms with Gasteiger partial charge in [-0.05, 0) is 6.42 Å². The summed E-state index contributed by atoms with van der Waals surface area (Å²) in [5, 5.41) is 54.3. The van der Waals surface area contributed by atoms with Crippen molar-refractivity contribution in [1.82, 2.24) is 0 Å². The van der Waals surface area contributed by atoms with Crippen LogP contribution < -0.4 is 10.2 Å². The van der Waals surface area contributed by atoms with Crippen LogP contribution in [0, 0.1) is 0 Å². The fraction of sp³-hybridized carbons (Fsp3) is 0.765. The van der Waals surface area contributed by atoms with Gasteiger partial charge < -0.3 is 49.2 Å². The molecule has 0 radical (unpaired) electrons. The van der Waals surface area contributed by atoms with E-state index in [1.54, 1.807) is 21.1 Å². The van der Waals surface area contributed by atoms with Crippen molar-refractivity contribution in [1.29, 1.82) is 0 Å². The van der Waals surface area contributed by atoms with E-state index in [0.29, 0.717) is 4.48 Å². The van der Waals surface area contributed by atoms with Crippen molar-refractivity contribution in [3.05, 3.63) is 0 Å². The molecule has 0 saturated heterocycles. The van der Waals surface area contributed by atoms with Gasteiger partial charge in [0.15, 0.2) is 5.60 Å². The van der Waals surface area contributed by atoms with Crippen LogP contribution in [0.5, 0.6) is 0 Å². The number of hydrogen-bond donors (Lipinski definition) is 4. The lowest BCUT2D eigenvalue weighted by molar-refractivity contribution is -0.870. The van der Waals surface area contributed by atoms with E-state index in [0.717, 1.165) is 11.0 Å². The lowest BCUT2D eigenvalue weighted by Gasteiger charge is -2.23. The minimum Gasteiger partial charge on any atom is -0.550 e. The zero-order valence-electron chi connectivity index (χ0n) is 17.9. The van der Waals surface area contributed by atoms with Gasteiger partial charge in [-0.15, -0.1) is 0 Å². The number of nitrogens with zero attached hydrogens (tertiary/aromatic N) is 2. The molecule has 0 fully saturated rings. The van der Waals surface area contributed by atoms with E-state index >= 15 is 0 Å². The van der Waals surface area contributed by atoms with Gasteiger partial charge in [-0.1, -0.05) is 0 Å². The first-order chi connectivity index (χ1) is 12.8. The molecule has 0 amide bonds. The number of aliphatic hydroxyl groups excluding tert-OH is 1. The third-order valence-electron chi connectivity index (χ3n) is 2.96. The largest absolute Gasteiger partial charge is 0.550 e. The highest BCUT2D eigenvalue weighted by Crippen LogP contribution is 2.17. The lowest BCUT2D eigenvalue weighted by Crippen LogP contribution is -2.45. The summed E-state index contributed by atoms with van der Waals surface area (Å²) in [5.74, 6) is -5.84. The maximum Gasteiger partial charge on any atom is 0.336 e. The van der Waals surface area contributed by atoms with Gasteiger partial charge in [0.05, 0.1) is 54.9 Å². The molecule has 12 nitrogen and oxygen atoms in total. The maximum absolute atomic E-state index is 10.4. The first-order valence-corrected chi connectivity index (χ1v) is 8.55. The number of aliphatic carboxylic acids is 4. The fourth-order valence-corrected chi connectivity index (χ4v) is 1.51. The maximum atomic E-state index is 10.4. The predicted molar refractivity (Wildman–Crippen MR) is 97.0 cm³/mol. The first-order valence-electron chi connectivity index (χ1n) is 8.55. The second-order valence-electron chi connectivity index (χ2n) is 8.34. The van der Waals surface area contributed by atoms with Gasteiger partial charge in [-0.2, -0.15) is 0 Å². The highest BCUT2D eigenvalue weighted by atomic mass is 16.4. The molecule has 0 aromatic rings. The summed E-state index contributed by atoms with van der Waals surface area (Å²) >= 11 is 0. The Morgan fingerprint density at radius 3 is 1.45 bits per heavy atom. The normalized spacial score (nSPS) is 13.0. The number of carboxylic acids is 4.